The second-order valence-corrected chi connectivity index (χ2v) is 5.67. The van der Waals surface area contributed by atoms with Crippen LogP contribution >= 0.6 is 11.6 Å². The van der Waals surface area contributed by atoms with Gasteiger partial charge in [0.25, 0.3) is 0 Å². The van der Waals surface area contributed by atoms with Gasteiger partial charge in [-0.2, -0.15) is 0 Å². The Bertz CT molecular complexity index is 488. The number of carboxylic acid groups (broad SMARTS) is 1. The average molecular weight is 298 g/mol. The number of hydrogen-bond donors (Lipinski definition) is 2. The molecule has 110 valence electrons. The van der Waals surface area contributed by atoms with Gasteiger partial charge in [-0.05, 0) is 24.0 Å². The molecule has 5 heteroatoms. The van der Waals surface area contributed by atoms with E-state index in [-0.39, 0.29) is 17.7 Å². The van der Waals surface area contributed by atoms with E-state index in [0.29, 0.717) is 11.4 Å². The number of halogens is 1. The molecule has 0 heterocycles. The van der Waals surface area contributed by atoms with Gasteiger partial charge in [0.2, 0.25) is 5.91 Å². The monoisotopic (exact) mass is 297 g/mol. The lowest BCUT2D eigenvalue weighted by Crippen LogP contribution is -2.46. The number of nitrogens with one attached hydrogen (secondary N) is 1. The van der Waals surface area contributed by atoms with E-state index >= 15 is 0 Å². The number of aliphatic carboxylic acids is 1. The van der Waals surface area contributed by atoms with Crippen LogP contribution in [0.1, 0.15) is 26.3 Å². The summed E-state index contributed by atoms with van der Waals surface area (Å²) in [4.78, 5) is 23.1. The molecule has 2 N–H and O–H groups in total. The molecule has 0 bridgehead atoms. The molecule has 2 atom stereocenters. The topological polar surface area (TPSA) is 66.4 Å². The standard InChI is InChI=1S/C15H20ClNO3/c1-9(2)13(15(19)20)17-14(18)10(3)8-11-6-4-5-7-12(11)16/h4-7,9-10,13H,8H2,1-3H3,(H,17,18)(H,19,20). The predicted molar refractivity (Wildman–Crippen MR) is 78.7 cm³/mol. The van der Waals surface area contributed by atoms with Crippen LogP contribution in [0.3, 0.4) is 0 Å². The molecule has 1 rings (SSSR count). The van der Waals surface area contributed by atoms with Crippen LogP contribution in [0, 0.1) is 11.8 Å². The van der Waals surface area contributed by atoms with Crippen molar-refractivity contribution in [2.75, 3.05) is 0 Å². The van der Waals surface area contributed by atoms with Crippen molar-refractivity contribution in [3.05, 3.63) is 34.9 Å². The smallest absolute Gasteiger partial charge is 0.326 e. The van der Waals surface area contributed by atoms with Gasteiger partial charge in [-0.3, -0.25) is 4.79 Å². The first kappa shape index (κ1) is 16.5. The fraction of sp³-hybridized carbons (Fsp3) is 0.467. The highest BCUT2D eigenvalue weighted by Gasteiger charge is 2.25. The van der Waals surface area contributed by atoms with Gasteiger partial charge in [0.15, 0.2) is 0 Å². The summed E-state index contributed by atoms with van der Waals surface area (Å²) in [5.41, 5.74) is 0.883. The van der Waals surface area contributed by atoms with Crippen LogP contribution in [0.4, 0.5) is 0 Å². The second-order valence-electron chi connectivity index (χ2n) is 5.27. The lowest BCUT2D eigenvalue weighted by Gasteiger charge is -2.20. The lowest BCUT2D eigenvalue weighted by molar-refractivity contribution is -0.143. The highest BCUT2D eigenvalue weighted by molar-refractivity contribution is 6.31. The lowest BCUT2D eigenvalue weighted by atomic mass is 9.98. The minimum absolute atomic E-state index is 0.163. The van der Waals surface area contributed by atoms with Crippen molar-refractivity contribution in [2.24, 2.45) is 11.8 Å². The molecule has 0 fully saturated rings. The Morgan fingerprint density at radius 3 is 2.35 bits per heavy atom. The molecule has 0 aliphatic carbocycles. The van der Waals surface area contributed by atoms with Gasteiger partial charge in [0.1, 0.15) is 6.04 Å². The van der Waals surface area contributed by atoms with Gasteiger partial charge in [-0.25, -0.2) is 4.79 Å². The molecule has 0 aromatic heterocycles. The Morgan fingerprint density at radius 2 is 1.85 bits per heavy atom. The number of amides is 1. The highest BCUT2D eigenvalue weighted by Crippen LogP contribution is 2.19. The fourth-order valence-corrected chi connectivity index (χ4v) is 2.11. The Balaban J connectivity index is 2.68. The van der Waals surface area contributed by atoms with Crippen LogP contribution in [-0.4, -0.2) is 23.0 Å². The van der Waals surface area contributed by atoms with E-state index in [1.165, 1.54) is 0 Å². The summed E-state index contributed by atoms with van der Waals surface area (Å²) >= 11 is 6.05. The molecule has 4 nitrogen and oxygen atoms in total. The molecule has 2 unspecified atom stereocenters. The quantitative estimate of drug-likeness (QED) is 0.848. The number of carbonyl (C=O) groups excluding carboxylic acids is 1. The summed E-state index contributed by atoms with van der Waals surface area (Å²) in [6.45, 7) is 5.29. The van der Waals surface area contributed by atoms with E-state index in [1.54, 1.807) is 26.8 Å². The van der Waals surface area contributed by atoms with Crippen LogP contribution < -0.4 is 5.32 Å². The van der Waals surface area contributed by atoms with Crippen molar-refractivity contribution in [1.82, 2.24) is 5.32 Å². The third-order valence-electron chi connectivity index (χ3n) is 3.16. The molecular formula is C15H20ClNO3. The molecular weight excluding hydrogens is 278 g/mol. The van der Waals surface area contributed by atoms with E-state index in [0.717, 1.165) is 5.56 Å². The van der Waals surface area contributed by atoms with Crippen molar-refractivity contribution in [3.8, 4) is 0 Å². The molecule has 0 aliphatic rings. The maximum absolute atomic E-state index is 12.1. The molecule has 1 aromatic rings. The first-order chi connectivity index (χ1) is 9.32. The van der Waals surface area contributed by atoms with Crippen molar-refractivity contribution in [3.63, 3.8) is 0 Å². The van der Waals surface area contributed by atoms with Gasteiger partial charge in [0.05, 0.1) is 0 Å². The van der Waals surface area contributed by atoms with Gasteiger partial charge < -0.3 is 10.4 Å². The van der Waals surface area contributed by atoms with Crippen LogP contribution in [0.5, 0.6) is 0 Å². The fourth-order valence-electron chi connectivity index (χ4n) is 1.90. The van der Waals surface area contributed by atoms with Crippen LogP contribution in [0.15, 0.2) is 24.3 Å². The minimum atomic E-state index is -1.02. The third kappa shape index (κ3) is 4.53. The Hall–Kier alpha value is -1.55. The molecule has 0 radical (unpaired) electrons. The minimum Gasteiger partial charge on any atom is -0.480 e. The van der Waals surface area contributed by atoms with E-state index in [1.807, 2.05) is 18.2 Å². The number of carbonyl (C=O) groups is 2. The summed E-state index contributed by atoms with van der Waals surface area (Å²) in [7, 11) is 0. The van der Waals surface area contributed by atoms with Crippen molar-refractivity contribution >= 4 is 23.5 Å². The largest absolute Gasteiger partial charge is 0.480 e. The molecule has 1 aromatic carbocycles. The summed E-state index contributed by atoms with van der Waals surface area (Å²) in [5.74, 6) is -1.79. The van der Waals surface area contributed by atoms with E-state index < -0.39 is 12.0 Å². The van der Waals surface area contributed by atoms with E-state index in [4.69, 9.17) is 16.7 Å². The highest BCUT2D eigenvalue weighted by atomic mass is 35.5. The number of benzene rings is 1. The summed E-state index contributed by atoms with van der Waals surface area (Å²) in [6.07, 6.45) is 0.482. The Kier molecular flexibility index (Phi) is 6.02. The molecule has 0 saturated heterocycles. The maximum Gasteiger partial charge on any atom is 0.326 e. The zero-order valence-electron chi connectivity index (χ0n) is 11.9. The molecule has 1 amide bonds. The van der Waals surface area contributed by atoms with E-state index in [2.05, 4.69) is 5.32 Å². The van der Waals surface area contributed by atoms with Gasteiger partial charge in [-0.1, -0.05) is 50.6 Å². The molecule has 0 spiro atoms. The van der Waals surface area contributed by atoms with Gasteiger partial charge >= 0.3 is 5.97 Å². The van der Waals surface area contributed by atoms with Gasteiger partial charge in [-0.15, -0.1) is 0 Å². The van der Waals surface area contributed by atoms with E-state index in [9.17, 15) is 9.59 Å². The van der Waals surface area contributed by atoms with Crippen LogP contribution in [-0.2, 0) is 16.0 Å². The number of hydrogen-bond acceptors (Lipinski definition) is 2. The summed E-state index contributed by atoms with van der Waals surface area (Å²) in [6, 6.07) is 6.46. The van der Waals surface area contributed by atoms with Crippen LogP contribution in [0.25, 0.3) is 0 Å². The Morgan fingerprint density at radius 1 is 1.25 bits per heavy atom. The molecule has 0 aliphatic heterocycles. The SMILES string of the molecule is CC(Cc1ccccc1Cl)C(=O)NC(C(=O)O)C(C)C. The first-order valence-electron chi connectivity index (χ1n) is 6.59. The maximum atomic E-state index is 12.1. The van der Waals surface area contributed by atoms with Crippen LogP contribution in [0.2, 0.25) is 5.02 Å². The number of carboxylic acids is 1. The normalized spacial score (nSPS) is 13.8. The third-order valence-corrected chi connectivity index (χ3v) is 3.53. The molecule has 20 heavy (non-hydrogen) atoms. The van der Waals surface area contributed by atoms with Crippen molar-refractivity contribution in [1.29, 1.82) is 0 Å². The number of rotatable bonds is 6. The zero-order valence-corrected chi connectivity index (χ0v) is 12.6. The predicted octanol–water partition coefficient (Wildman–Crippen LogP) is 2.74. The van der Waals surface area contributed by atoms with Crippen molar-refractivity contribution < 1.29 is 14.7 Å². The summed E-state index contributed by atoms with van der Waals surface area (Å²) < 4.78 is 0. The second kappa shape index (κ2) is 7.29. The Labute approximate surface area is 124 Å². The first-order valence-corrected chi connectivity index (χ1v) is 6.97. The summed E-state index contributed by atoms with van der Waals surface area (Å²) in [5, 5.41) is 12.3. The molecule has 0 saturated carbocycles. The zero-order chi connectivity index (χ0) is 15.3. The average Bonchev–Trinajstić information content (AvgIpc) is 2.37. The van der Waals surface area contributed by atoms with Crippen molar-refractivity contribution in [2.45, 2.75) is 33.2 Å². The van der Waals surface area contributed by atoms with Gasteiger partial charge in [0, 0.05) is 10.9 Å².